The third-order valence-electron chi connectivity index (χ3n) is 6.27. The number of Topliss-reactive ketones (excluding diaryl/α,β-unsaturated/α-hetero) is 1. The molecule has 7 nitrogen and oxygen atoms in total. The Kier molecular flexibility index (Phi) is 7.97. The SMILES string of the molecule is COc1ccccc1CN1C(=O)C(=O)/C(=C(/O)c2cc(C)cc(Cl)c2OC)C1c1cccc(OC(C)C)c1. The maximum Gasteiger partial charge on any atom is 0.295 e. The Labute approximate surface area is 227 Å². The van der Waals surface area contributed by atoms with E-state index in [1.807, 2.05) is 39.0 Å². The van der Waals surface area contributed by atoms with Crippen LogP contribution in [0.3, 0.4) is 0 Å². The molecule has 1 heterocycles. The average Bonchev–Trinajstić information content (AvgIpc) is 3.13. The molecule has 1 amide bonds. The molecule has 1 aliphatic rings. The van der Waals surface area contributed by atoms with Crippen LogP contribution in [0.1, 0.15) is 42.1 Å². The summed E-state index contributed by atoms with van der Waals surface area (Å²) in [5.74, 6) is -0.545. The summed E-state index contributed by atoms with van der Waals surface area (Å²) in [6.07, 6.45) is -0.0797. The Hall–Kier alpha value is -3.97. The van der Waals surface area contributed by atoms with Crippen LogP contribution in [-0.2, 0) is 16.1 Å². The van der Waals surface area contributed by atoms with Crippen LogP contribution in [-0.4, -0.2) is 42.0 Å². The first-order valence-corrected chi connectivity index (χ1v) is 12.6. The normalized spacial score (nSPS) is 16.7. The zero-order valence-electron chi connectivity index (χ0n) is 21.9. The third-order valence-corrected chi connectivity index (χ3v) is 6.55. The van der Waals surface area contributed by atoms with E-state index in [0.29, 0.717) is 22.6 Å². The van der Waals surface area contributed by atoms with E-state index in [4.69, 9.17) is 25.8 Å². The van der Waals surface area contributed by atoms with Crippen molar-refractivity contribution in [1.82, 2.24) is 4.90 Å². The second-order valence-electron chi connectivity index (χ2n) is 9.31. The first-order chi connectivity index (χ1) is 18.2. The van der Waals surface area contributed by atoms with Crippen LogP contribution in [0.25, 0.3) is 5.76 Å². The first-order valence-electron chi connectivity index (χ1n) is 12.2. The molecule has 0 bridgehead atoms. The van der Waals surface area contributed by atoms with Crippen molar-refractivity contribution in [3.8, 4) is 17.2 Å². The molecule has 1 unspecified atom stereocenters. The highest BCUT2D eigenvalue weighted by molar-refractivity contribution is 6.46. The van der Waals surface area contributed by atoms with Crippen LogP contribution >= 0.6 is 11.6 Å². The number of benzene rings is 3. The molecule has 0 aliphatic carbocycles. The molecule has 198 valence electrons. The van der Waals surface area contributed by atoms with Gasteiger partial charge in [-0.15, -0.1) is 0 Å². The maximum absolute atomic E-state index is 13.5. The number of rotatable bonds is 8. The average molecular weight is 536 g/mol. The summed E-state index contributed by atoms with van der Waals surface area (Å²) in [5, 5.41) is 11.9. The molecular formula is C30H30ClNO6. The van der Waals surface area contributed by atoms with E-state index < -0.39 is 17.7 Å². The minimum absolute atomic E-state index is 0.0634. The number of para-hydroxylation sites is 1. The molecule has 1 atom stereocenters. The number of aryl methyl sites for hydroxylation is 1. The number of aliphatic hydroxyl groups excluding tert-OH is 1. The maximum atomic E-state index is 13.5. The standard InChI is InChI=1S/C30H30ClNO6/c1-17(2)38-21-11-8-10-19(15-21)26-25(27(33)22-13-18(3)14-23(31)29(22)37-5)28(34)30(35)32(26)16-20-9-6-7-12-24(20)36-4/h6-15,17,26,33H,16H2,1-5H3/b27-25+. The molecule has 0 spiro atoms. The lowest BCUT2D eigenvalue weighted by Crippen LogP contribution is -2.29. The van der Waals surface area contributed by atoms with Crippen molar-refractivity contribution in [3.63, 3.8) is 0 Å². The van der Waals surface area contributed by atoms with Gasteiger partial charge in [0.25, 0.3) is 11.7 Å². The van der Waals surface area contributed by atoms with E-state index in [-0.39, 0.29) is 40.3 Å². The zero-order chi connectivity index (χ0) is 27.6. The van der Waals surface area contributed by atoms with Crippen LogP contribution in [0.5, 0.6) is 17.2 Å². The number of halogens is 1. The van der Waals surface area contributed by atoms with E-state index in [1.54, 1.807) is 49.6 Å². The highest BCUT2D eigenvalue weighted by Crippen LogP contribution is 2.44. The summed E-state index contributed by atoms with van der Waals surface area (Å²) in [6.45, 7) is 5.71. The van der Waals surface area contributed by atoms with Crippen LogP contribution in [0.2, 0.25) is 5.02 Å². The molecule has 3 aromatic carbocycles. The lowest BCUT2D eigenvalue weighted by Gasteiger charge is -2.26. The van der Waals surface area contributed by atoms with E-state index >= 15 is 0 Å². The Balaban J connectivity index is 1.94. The lowest BCUT2D eigenvalue weighted by molar-refractivity contribution is -0.140. The predicted octanol–water partition coefficient (Wildman–Crippen LogP) is 6.07. The molecule has 38 heavy (non-hydrogen) atoms. The monoisotopic (exact) mass is 535 g/mol. The Bertz CT molecular complexity index is 1410. The number of methoxy groups -OCH3 is 2. The van der Waals surface area contributed by atoms with Gasteiger partial charge in [-0.1, -0.05) is 41.9 Å². The van der Waals surface area contributed by atoms with Gasteiger partial charge in [-0.25, -0.2) is 0 Å². The third kappa shape index (κ3) is 5.20. The number of carbonyl (C=O) groups is 2. The van der Waals surface area contributed by atoms with E-state index in [2.05, 4.69) is 0 Å². The van der Waals surface area contributed by atoms with Crippen molar-refractivity contribution in [3.05, 3.63) is 93.5 Å². The second kappa shape index (κ2) is 11.2. The van der Waals surface area contributed by atoms with E-state index in [9.17, 15) is 14.7 Å². The van der Waals surface area contributed by atoms with Crippen LogP contribution < -0.4 is 14.2 Å². The summed E-state index contributed by atoms with van der Waals surface area (Å²) < 4.78 is 16.8. The molecule has 1 N–H and O–H groups in total. The summed E-state index contributed by atoms with van der Waals surface area (Å²) in [6, 6.07) is 16.9. The van der Waals surface area contributed by atoms with Crippen LogP contribution in [0, 0.1) is 6.92 Å². The fourth-order valence-corrected chi connectivity index (χ4v) is 5.05. The van der Waals surface area contributed by atoms with Crippen molar-refractivity contribution in [2.75, 3.05) is 14.2 Å². The molecular weight excluding hydrogens is 506 g/mol. The Morgan fingerprint density at radius 1 is 1.03 bits per heavy atom. The quantitative estimate of drug-likeness (QED) is 0.214. The highest BCUT2D eigenvalue weighted by Gasteiger charge is 2.46. The fourth-order valence-electron chi connectivity index (χ4n) is 4.69. The molecule has 1 fully saturated rings. The van der Waals surface area contributed by atoms with Gasteiger partial charge in [0, 0.05) is 5.56 Å². The van der Waals surface area contributed by atoms with E-state index in [1.165, 1.54) is 12.0 Å². The van der Waals surface area contributed by atoms with Gasteiger partial charge in [-0.2, -0.15) is 0 Å². The molecule has 1 saturated heterocycles. The second-order valence-corrected chi connectivity index (χ2v) is 9.71. The first kappa shape index (κ1) is 27.1. The van der Waals surface area contributed by atoms with Crippen molar-refractivity contribution in [1.29, 1.82) is 0 Å². The molecule has 0 saturated carbocycles. The van der Waals surface area contributed by atoms with Gasteiger partial charge in [-0.3, -0.25) is 9.59 Å². The van der Waals surface area contributed by atoms with Gasteiger partial charge >= 0.3 is 0 Å². The van der Waals surface area contributed by atoms with Gasteiger partial charge in [0.2, 0.25) is 0 Å². The summed E-state index contributed by atoms with van der Waals surface area (Å²) in [5.41, 5.74) is 2.24. The zero-order valence-corrected chi connectivity index (χ0v) is 22.7. The Morgan fingerprint density at radius 3 is 2.45 bits per heavy atom. The number of ketones is 1. The minimum atomic E-state index is -0.903. The van der Waals surface area contributed by atoms with Crippen molar-refractivity contribution >= 4 is 29.1 Å². The topological polar surface area (TPSA) is 85.3 Å². The van der Waals surface area contributed by atoms with Crippen LogP contribution in [0.15, 0.2) is 66.2 Å². The van der Waals surface area contributed by atoms with Gasteiger partial charge < -0.3 is 24.2 Å². The van der Waals surface area contributed by atoms with Gasteiger partial charge in [0.1, 0.15) is 23.0 Å². The van der Waals surface area contributed by atoms with Gasteiger partial charge in [-0.05, 0) is 62.2 Å². The number of hydrogen-bond acceptors (Lipinski definition) is 6. The minimum Gasteiger partial charge on any atom is -0.507 e. The van der Waals surface area contributed by atoms with E-state index in [0.717, 1.165) is 5.56 Å². The van der Waals surface area contributed by atoms with Crippen molar-refractivity contribution in [2.24, 2.45) is 0 Å². The molecule has 0 aromatic heterocycles. The van der Waals surface area contributed by atoms with Gasteiger partial charge in [0.15, 0.2) is 0 Å². The van der Waals surface area contributed by atoms with Gasteiger partial charge in [0.05, 0.1) is 49.1 Å². The number of hydrogen-bond donors (Lipinski definition) is 1. The number of amides is 1. The number of carbonyl (C=O) groups excluding carboxylic acids is 2. The summed E-state index contributed by atoms with van der Waals surface area (Å²) in [7, 11) is 2.97. The molecule has 3 aromatic rings. The number of ether oxygens (including phenoxy) is 3. The Morgan fingerprint density at radius 2 is 1.76 bits per heavy atom. The number of likely N-dealkylation sites (tertiary alicyclic amines) is 1. The fraction of sp³-hybridized carbons (Fsp3) is 0.267. The van der Waals surface area contributed by atoms with Crippen LogP contribution in [0.4, 0.5) is 0 Å². The summed E-state index contributed by atoms with van der Waals surface area (Å²) >= 11 is 6.39. The predicted molar refractivity (Wildman–Crippen MR) is 146 cm³/mol. The largest absolute Gasteiger partial charge is 0.507 e. The molecule has 4 rings (SSSR count). The van der Waals surface area contributed by atoms with Crippen molar-refractivity contribution < 1.29 is 28.9 Å². The number of aliphatic hydroxyl groups is 1. The van der Waals surface area contributed by atoms with Crippen molar-refractivity contribution in [2.45, 2.75) is 39.5 Å². The lowest BCUT2D eigenvalue weighted by atomic mass is 9.94. The number of nitrogens with zero attached hydrogens (tertiary/aromatic N) is 1. The smallest absolute Gasteiger partial charge is 0.295 e. The molecule has 0 radical (unpaired) electrons. The molecule has 1 aliphatic heterocycles. The molecule has 8 heteroatoms. The summed E-state index contributed by atoms with van der Waals surface area (Å²) in [4.78, 5) is 28.5. The highest BCUT2D eigenvalue weighted by atomic mass is 35.5.